The molecule has 2 aromatic carbocycles. The van der Waals surface area contributed by atoms with E-state index in [1.807, 2.05) is 41.1 Å². The SMILES string of the molecule is COC(=O)c1cccc2c1cnn2Cc1ccc(OC)cc1. The van der Waals surface area contributed by atoms with Gasteiger partial charge in [-0.15, -0.1) is 0 Å². The summed E-state index contributed by atoms with van der Waals surface area (Å²) in [6.07, 6.45) is 1.70. The number of hydrogen-bond acceptors (Lipinski definition) is 4. The maximum absolute atomic E-state index is 11.8. The lowest BCUT2D eigenvalue weighted by molar-refractivity contribution is 0.0603. The lowest BCUT2D eigenvalue weighted by atomic mass is 10.1. The highest BCUT2D eigenvalue weighted by molar-refractivity contribution is 6.03. The predicted molar refractivity (Wildman–Crippen MR) is 83.2 cm³/mol. The van der Waals surface area contributed by atoms with Crippen LogP contribution in [-0.4, -0.2) is 30.0 Å². The summed E-state index contributed by atoms with van der Waals surface area (Å²) in [4.78, 5) is 11.8. The van der Waals surface area contributed by atoms with Gasteiger partial charge in [-0.05, 0) is 29.8 Å². The summed E-state index contributed by atoms with van der Waals surface area (Å²) in [6.45, 7) is 0.623. The van der Waals surface area contributed by atoms with E-state index in [2.05, 4.69) is 5.10 Å². The van der Waals surface area contributed by atoms with Crippen molar-refractivity contribution in [2.45, 2.75) is 6.54 Å². The van der Waals surface area contributed by atoms with Crippen molar-refractivity contribution in [3.05, 3.63) is 59.8 Å². The molecular formula is C17H16N2O3. The van der Waals surface area contributed by atoms with Crippen LogP contribution in [-0.2, 0) is 11.3 Å². The zero-order chi connectivity index (χ0) is 15.5. The maximum Gasteiger partial charge on any atom is 0.338 e. The monoisotopic (exact) mass is 296 g/mol. The molecule has 0 amide bonds. The Labute approximate surface area is 128 Å². The number of methoxy groups -OCH3 is 2. The molecule has 0 bridgehead atoms. The first-order valence-corrected chi connectivity index (χ1v) is 6.88. The van der Waals surface area contributed by atoms with E-state index in [1.54, 1.807) is 19.4 Å². The second-order valence-corrected chi connectivity index (χ2v) is 4.88. The van der Waals surface area contributed by atoms with Crippen LogP contribution in [0.25, 0.3) is 10.9 Å². The van der Waals surface area contributed by atoms with Crippen molar-refractivity contribution in [3.8, 4) is 5.75 Å². The van der Waals surface area contributed by atoms with Gasteiger partial charge in [0.25, 0.3) is 0 Å². The van der Waals surface area contributed by atoms with Gasteiger partial charge in [0, 0.05) is 5.39 Å². The molecule has 0 radical (unpaired) electrons. The van der Waals surface area contributed by atoms with Gasteiger partial charge in [-0.1, -0.05) is 18.2 Å². The molecule has 0 unspecified atom stereocenters. The Balaban J connectivity index is 1.96. The van der Waals surface area contributed by atoms with Crippen molar-refractivity contribution in [2.75, 3.05) is 14.2 Å². The number of nitrogens with zero attached hydrogens (tertiary/aromatic N) is 2. The van der Waals surface area contributed by atoms with E-state index in [1.165, 1.54) is 7.11 Å². The van der Waals surface area contributed by atoms with Crippen molar-refractivity contribution in [1.29, 1.82) is 0 Å². The fourth-order valence-corrected chi connectivity index (χ4v) is 2.42. The summed E-state index contributed by atoms with van der Waals surface area (Å²) < 4.78 is 11.8. The van der Waals surface area contributed by atoms with Gasteiger partial charge in [0.2, 0.25) is 0 Å². The second-order valence-electron chi connectivity index (χ2n) is 4.88. The van der Waals surface area contributed by atoms with Crippen molar-refractivity contribution in [2.24, 2.45) is 0 Å². The van der Waals surface area contributed by atoms with Gasteiger partial charge in [-0.2, -0.15) is 5.10 Å². The largest absolute Gasteiger partial charge is 0.497 e. The minimum Gasteiger partial charge on any atom is -0.497 e. The summed E-state index contributed by atoms with van der Waals surface area (Å²) in [7, 11) is 3.02. The molecule has 22 heavy (non-hydrogen) atoms. The molecule has 5 heteroatoms. The molecule has 0 saturated carbocycles. The lowest BCUT2D eigenvalue weighted by Gasteiger charge is -2.06. The summed E-state index contributed by atoms with van der Waals surface area (Å²) in [6, 6.07) is 13.3. The minimum absolute atomic E-state index is 0.352. The molecule has 3 rings (SSSR count). The number of benzene rings is 2. The fourth-order valence-electron chi connectivity index (χ4n) is 2.42. The molecule has 0 atom stereocenters. The highest BCUT2D eigenvalue weighted by Gasteiger charge is 2.13. The van der Waals surface area contributed by atoms with Gasteiger partial charge >= 0.3 is 5.97 Å². The molecule has 112 valence electrons. The van der Waals surface area contributed by atoms with Crippen LogP contribution in [0.1, 0.15) is 15.9 Å². The lowest BCUT2D eigenvalue weighted by Crippen LogP contribution is -2.03. The average molecular weight is 296 g/mol. The number of carbonyl (C=O) groups excluding carboxylic acids is 1. The molecule has 0 spiro atoms. The Morgan fingerprint density at radius 3 is 2.59 bits per heavy atom. The molecule has 0 saturated heterocycles. The quantitative estimate of drug-likeness (QED) is 0.695. The Bertz CT molecular complexity index is 806. The van der Waals surface area contributed by atoms with E-state index >= 15 is 0 Å². The zero-order valence-electron chi connectivity index (χ0n) is 12.4. The number of aromatic nitrogens is 2. The molecule has 0 aliphatic rings. The Morgan fingerprint density at radius 2 is 1.91 bits per heavy atom. The number of carbonyl (C=O) groups is 1. The standard InChI is InChI=1S/C17H16N2O3/c1-21-13-8-6-12(7-9-13)11-19-16-5-3-4-14(17(20)22-2)15(16)10-18-19/h3-10H,11H2,1-2H3. The second kappa shape index (κ2) is 5.89. The van der Waals surface area contributed by atoms with Crippen molar-refractivity contribution < 1.29 is 14.3 Å². The van der Waals surface area contributed by atoms with Gasteiger partial charge in [0.15, 0.2) is 0 Å². The molecule has 3 aromatic rings. The van der Waals surface area contributed by atoms with Gasteiger partial charge < -0.3 is 9.47 Å². The summed E-state index contributed by atoms with van der Waals surface area (Å²) in [5.74, 6) is 0.469. The number of hydrogen-bond donors (Lipinski definition) is 0. The van der Waals surface area contributed by atoms with E-state index in [9.17, 15) is 4.79 Å². The van der Waals surface area contributed by atoms with E-state index in [-0.39, 0.29) is 5.97 Å². The molecular weight excluding hydrogens is 280 g/mol. The van der Waals surface area contributed by atoms with Crippen LogP contribution in [0.5, 0.6) is 5.75 Å². The van der Waals surface area contributed by atoms with Crippen LogP contribution >= 0.6 is 0 Å². The number of rotatable bonds is 4. The van der Waals surface area contributed by atoms with Crippen LogP contribution in [0, 0.1) is 0 Å². The van der Waals surface area contributed by atoms with E-state index in [0.29, 0.717) is 12.1 Å². The maximum atomic E-state index is 11.8. The molecule has 0 aliphatic carbocycles. The highest BCUT2D eigenvalue weighted by atomic mass is 16.5. The van der Waals surface area contributed by atoms with Crippen LogP contribution in [0.15, 0.2) is 48.7 Å². The Hall–Kier alpha value is -2.82. The minimum atomic E-state index is -0.352. The topological polar surface area (TPSA) is 53.3 Å². The number of fused-ring (bicyclic) bond motifs is 1. The first-order valence-electron chi connectivity index (χ1n) is 6.88. The van der Waals surface area contributed by atoms with Crippen LogP contribution in [0.4, 0.5) is 0 Å². The third-order valence-electron chi connectivity index (χ3n) is 3.58. The first-order chi connectivity index (χ1) is 10.7. The van der Waals surface area contributed by atoms with Gasteiger partial charge in [0.05, 0.1) is 38.0 Å². The van der Waals surface area contributed by atoms with Gasteiger partial charge in [-0.3, -0.25) is 4.68 Å². The Morgan fingerprint density at radius 1 is 1.14 bits per heavy atom. The van der Waals surface area contributed by atoms with Crippen molar-refractivity contribution >= 4 is 16.9 Å². The summed E-state index contributed by atoms with van der Waals surface area (Å²) >= 11 is 0. The van der Waals surface area contributed by atoms with Crippen molar-refractivity contribution in [1.82, 2.24) is 9.78 Å². The third kappa shape index (κ3) is 2.53. The zero-order valence-corrected chi connectivity index (χ0v) is 12.4. The smallest absolute Gasteiger partial charge is 0.338 e. The van der Waals surface area contributed by atoms with Crippen molar-refractivity contribution in [3.63, 3.8) is 0 Å². The summed E-state index contributed by atoms with van der Waals surface area (Å²) in [5.41, 5.74) is 2.54. The summed E-state index contributed by atoms with van der Waals surface area (Å²) in [5, 5.41) is 5.18. The first kappa shape index (κ1) is 14.1. The van der Waals surface area contributed by atoms with E-state index in [4.69, 9.17) is 9.47 Å². The third-order valence-corrected chi connectivity index (χ3v) is 3.58. The normalized spacial score (nSPS) is 10.6. The Kier molecular flexibility index (Phi) is 3.78. The van der Waals surface area contributed by atoms with E-state index < -0.39 is 0 Å². The number of esters is 1. The number of ether oxygens (including phenoxy) is 2. The molecule has 1 aromatic heterocycles. The molecule has 0 N–H and O–H groups in total. The van der Waals surface area contributed by atoms with Crippen LogP contribution in [0.2, 0.25) is 0 Å². The van der Waals surface area contributed by atoms with Crippen LogP contribution in [0.3, 0.4) is 0 Å². The van der Waals surface area contributed by atoms with E-state index in [0.717, 1.165) is 22.2 Å². The molecule has 5 nitrogen and oxygen atoms in total. The van der Waals surface area contributed by atoms with Crippen LogP contribution < -0.4 is 4.74 Å². The fraction of sp³-hybridized carbons (Fsp3) is 0.176. The highest BCUT2D eigenvalue weighted by Crippen LogP contribution is 2.21. The molecule has 0 aliphatic heterocycles. The van der Waals surface area contributed by atoms with Gasteiger partial charge in [0.1, 0.15) is 5.75 Å². The predicted octanol–water partition coefficient (Wildman–Crippen LogP) is 2.88. The van der Waals surface area contributed by atoms with Gasteiger partial charge in [-0.25, -0.2) is 4.79 Å². The molecule has 1 heterocycles. The average Bonchev–Trinajstić information content (AvgIpc) is 2.98. The molecule has 0 fully saturated rings.